The molecule has 1 aromatic heterocycles. The number of hydrogen-bond donors (Lipinski definition) is 1. The first kappa shape index (κ1) is 14.9. The molecule has 2 aromatic rings. The quantitative estimate of drug-likeness (QED) is 0.863. The molecule has 7 heteroatoms. The van der Waals surface area contributed by atoms with Crippen molar-refractivity contribution >= 4 is 29.3 Å². The molecule has 4 aliphatic rings. The molecule has 0 saturated carbocycles. The number of aryl methyl sites for hydroxylation is 1. The van der Waals surface area contributed by atoms with Crippen LogP contribution in [0, 0.1) is 5.92 Å². The summed E-state index contributed by atoms with van der Waals surface area (Å²) in [5.41, 5.74) is 4.74. The van der Waals surface area contributed by atoms with E-state index < -0.39 is 5.72 Å². The Hall–Kier alpha value is -1.63. The van der Waals surface area contributed by atoms with Crippen LogP contribution in [0.25, 0.3) is 11.0 Å². The highest BCUT2D eigenvalue weighted by molar-refractivity contribution is 5.99. The summed E-state index contributed by atoms with van der Waals surface area (Å²) >= 11 is 0. The number of aromatic nitrogens is 2. The normalized spacial score (nSPS) is 32.0. The number of piperidine rings is 3. The number of amidine groups is 1. The van der Waals surface area contributed by atoms with Crippen LogP contribution in [-0.4, -0.2) is 45.6 Å². The molecule has 1 atom stereocenters. The van der Waals surface area contributed by atoms with Crippen molar-refractivity contribution in [3.63, 3.8) is 0 Å². The average Bonchev–Trinajstić information content (AvgIpc) is 3.11. The van der Waals surface area contributed by atoms with E-state index in [4.69, 9.17) is 14.8 Å². The molecule has 1 unspecified atom stereocenters. The molecule has 6 rings (SSSR count). The van der Waals surface area contributed by atoms with E-state index in [1.54, 1.807) is 0 Å². The standard InChI is InChI=1S/C16H19N5O.ClH/c1-20-13-5-3-2-4-12(13)17-15(20)14-18-16(22-19-14)10-21-8-6-11(16)7-9-21;/h2-5,11H,6-10H2,1H3,(H,18,19);1H. The molecule has 2 bridgehead atoms. The number of hydroxylamine groups is 1. The topological polar surface area (TPSA) is 54.7 Å². The summed E-state index contributed by atoms with van der Waals surface area (Å²) in [4.78, 5) is 18.1. The van der Waals surface area contributed by atoms with Gasteiger partial charge in [0, 0.05) is 13.0 Å². The summed E-state index contributed by atoms with van der Waals surface area (Å²) in [6.07, 6.45) is 2.34. The maximum Gasteiger partial charge on any atom is 0.203 e. The molecule has 4 aliphatic heterocycles. The second-order valence-electron chi connectivity index (χ2n) is 6.54. The Morgan fingerprint density at radius 1 is 1.26 bits per heavy atom. The fourth-order valence-corrected chi connectivity index (χ4v) is 4.06. The van der Waals surface area contributed by atoms with Gasteiger partial charge in [0.15, 0.2) is 11.7 Å². The zero-order valence-electron chi connectivity index (χ0n) is 13.0. The monoisotopic (exact) mass is 333 g/mol. The number of hydrogen-bond acceptors (Lipinski definition) is 5. The van der Waals surface area contributed by atoms with Crippen LogP contribution >= 0.6 is 12.4 Å². The fourth-order valence-electron chi connectivity index (χ4n) is 4.06. The summed E-state index contributed by atoms with van der Waals surface area (Å²) in [5.74, 6) is 2.11. The number of benzene rings is 1. The number of aliphatic imine (C=N–C) groups is 1. The van der Waals surface area contributed by atoms with Gasteiger partial charge >= 0.3 is 0 Å². The van der Waals surface area contributed by atoms with Crippen molar-refractivity contribution < 1.29 is 4.84 Å². The zero-order chi connectivity index (χ0) is 14.7. The highest BCUT2D eigenvalue weighted by Gasteiger charge is 2.51. The second-order valence-corrected chi connectivity index (χ2v) is 6.54. The molecule has 6 nitrogen and oxygen atoms in total. The van der Waals surface area contributed by atoms with Crippen molar-refractivity contribution in [3.8, 4) is 0 Å². The summed E-state index contributed by atoms with van der Waals surface area (Å²) in [5, 5.41) is 0. The Labute approximate surface area is 140 Å². The van der Waals surface area contributed by atoms with Crippen molar-refractivity contribution in [1.82, 2.24) is 19.9 Å². The molecule has 1 spiro atoms. The molecule has 0 radical (unpaired) electrons. The van der Waals surface area contributed by atoms with Gasteiger partial charge in [0.2, 0.25) is 5.72 Å². The van der Waals surface area contributed by atoms with Crippen LogP contribution in [-0.2, 0) is 11.9 Å². The molecule has 122 valence electrons. The average molecular weight is 334 g/mol. The number of nitrogens with one attached hydrogen (secondary N) is 1. The maximum atomic E-state index is 5.98. The summed E-state index contributed by atoms with van der Waals surface area (Å²) in [6, 6.07) is 8.14. The van der Waals surface area contributed by atoms with Crippen molar-refractivity contribution in [1.29, 1.82) is 0 Å². The zero-order valence-corrected chi connectivity index (χ0v) is 13.8. The molecule has 23 heavy (non-hydrogen) atoms. The Morgan fingerprint density at radius 3 is 2.74 bits per heavy atom. The van der Waals surface area contributed by atoms with Crippen molar-refractivity contribution in [2.24, 2.45) is 18.0 Å². The number of fused-ring (bicyclic) bond motifs is 3. The van der Waals surface area contributed by atoms with Crippen molar-refractivity contribution in [2.45, 2.75) is 18.6 Å². The summed E-state index contributed by atoms with van der Waals surface area (Å²) in [6.45, 7) is 3.23. The molecule has 0 aliphatic carbocycles. The van der Waals surface area contributed by atoms with E-state index in [0.717, 1.165) is 29.2 Å². The summed E-state index contributed by atoms with van der Waals surface area (Å²) in [7, 11) is 2.02. The molecule has 1 aromatic carbocycles. The smallest absolute Gasteiger partial charge is 0.203 e. The van der Waals surface area contributed by atoms with Gasteiger partial charge in [-0.1, -0.05) is 12.1 Å². The van der Waals surface area contributed by atoms with Crippen LogP contribution in [0.1, 0.15) is 18.7 Å². The van der Waals surface area contributed by atoms with E-state index in [9.17, 15) is 0 Å². The molecule has 3 saturated heterocycles. The van der Waals surface area contributed by atoms with Crippen molar-refractivity contribution in [2.75, 3.05) is 19.6 Å². The van der Waals surface area contributed by atoms with Gasteiger partial charge in [-0.15, -0.1) is 12.4 Å². The minimum absolute atomic E-state index is 0. The predicted molar refractivity (Wildman–Crippen MR) is 90.6 cm³/mol. The SMILES string of the molecule is Cl.Cn1c(C2=NC3(CN4CCC3CC4)ON2)nc2ccccc21. The van der Waals surface area contributed by atoms with Gasteiger partial charge in [-0.25, -0.2) is 20.3 Å². The van der Waals surface area contributed by atoms with Crippen LogP contribution < -0.4 is 5.48 Å². The minimum Gasteiger partial charge on any atom is -0.324 e. The first-order valence-corrected chi connectivity index (χ1v) is 7.93. The van der Waals surface area contributed by atoms with E-state index in [0.29, 0.717) is 5.92 Å². The van der Waals surface area contributed by atoms with E-state index in [1.807, 2.05) is 25.2 Å². The Kier molecular flexibility index (Phi) is 3.37. The lowest BCUT2D eigenvalue weighted by Gasteiger charge is -2.47. The first-order chi connectivity index (χ1) is 10.8. The number of para-hydroxylation sites is 2. The number of nitrogens with zero attached hydrogens (tertiary/aromatic N) is 4. The van der Waals surface area contributed by atoms with Crippen molar-refractivity contribution in [3.05, 3.63) is 30.1 Å². The van der Waals surface area contributed by atoms with Gasteiger partial charge in [0.1, 0.15) is 0 Å². The lowest BCUT2D eigenvalue weighted by Crippen LogP contribution is -2.58. The molecule has 1 N–H and O–H groups in total. The van der Waals surface area contributed by atoms with Crippen LogP contribution in [0.2, 0.25) is 0 Å². The molecular weight excluding hydrogens is 314 g/mol. The molecular formula is C16H20ClN5O. The van der Waals surface area contributed by atoms with Gasteiger partial charge in [-0.05, 0) is 38.1 Å². The number of imidazole rings is 1. The Morgan fingerprint density at radius 2 is 2.04 bits per heavy atom. The minimum atomic E-state index is -0.413. The third-order valence-electron chi connectivity index (χ3n) is 5.30. The van der Waals surface area contributed by atoms with E-state index in [-0.39, 0.29) is 12.4 Å². The highest BCUT2D eigenvalue weighted by atomic mass is 35.5. The van der Waals surface area contributed by atoms with E-state index in [2.05, 4.69) is 21.0 Å². The molecule has 3 fully saturated rings. The van der Waals surface area contributed by atoms with Gasteiger partial charge in [-0.3, -0.25) is 4.90 Å². The van der Waals surface area contributed by atoms with Gasteiger partial charge < -0.3 is 4.57 Å². The largest absolute Gasteiger partial charge is 0.324 e. The van der Waals surface area contributed by atoms with Crippen LogP contribution in [0.5, 0.6) is 0 Å². The predicted octanol–water partition coefficient (Wildman–Crippen LogP) is 1.70. The Bertz CT molecular complexity index is 780. The third kappa shape index (κ3) is 2.09. The van der Waals surface area contributed by atoms with Gasteiger partial charge in [-0.2, -0.15) is 0 Å². The lowest BCUT2D eigenvalue weighted by molar-refractivity contribution is -0.155. The van der Waals surface area contributed by atoms with E-state index >= 15 is 0 Å². The Balaban J connectivity index is 0.00000135. The molecule has 0 amide bonds. The van der Waals surface area contributed by atoms with Gasteiger partial charge in [0.25, 0.3) is 0 Å². The van der Waals surface area contributed by atoms with Crippen LogP contribution in [0.3, 0.4) is 0 Å². The molecule has 5 heterocycles. The number of halogens is 1. The fraction of sp³-hybridized carbons (Fsp3) is 0.500. The summed E-state index contributed by atoms with van der Waals surface area (Å²) < 4.78 is 2.07. The third-order valence-corrected chi connectivity index (χ3v) is 5.30. The van der Waals surface area contributed by atoms with E-state index in [1.165, 1.54) is 25.9 Å². The first-order valence-electron chi connectivity index (χ1n) is 7.93. The second kappa shape index (κ2) is 5.19. The van der Waals surface area contributed by atoms with Crippen LogP contribution in [0.4, 0.5) is 0 Å². The maximum absolute atomic E-state index is 5.98. The van der Waals surface area contributed by atoms with Gasteiger partial charge in [0.05, 0.1) is 17.6 Å². The highest BCUT2D eigenvalue weighted by Crippen LogP contribution is 2.40. The van der Waals surface area contributed by atoms with Crippen LogP contribution in [0.15, 0.2) is 29.3 Å². The lowest BCUT2D eigenvalue weighted by atomic mass is 9.81. The number of rotatable bonds is 1.